The van der Waals surface area contributed by atoms with Gasteiger partial charge < -0.3 is 5.73 Å². The van der Waals surface area contributed by atoms with Crippen molar-refractivity contribution in [2.45, 2.75) is 25.8 Å². The van der Waals surface area contributed by atoms with Gasteiger partial charge in [-0.05, 0) is 16.7 Å². The largest absolute Gasteiger partial charge is 0.326 e. The SMILES string of the molecule is CCC(F)(F)c1ccc(-c2ccc(CN)cc2)cc1. The highest BCUT2D eigenvalue weighted by Gasteiger charge is 2.28. The molecule has 2 aromatic carbocycles. The van der Waals surface area contributed by atoms with E-state index >= 15 is 0 Å². The number of hydrogen-bond acceptors (Lipinski definition) is 1. The Morgan fingerprint density at radius 1 is 0.895 bits per heavy atom. The normalized spacial score (nSPS) is 11.6. The lowest BCUT2D eigenvalue weighted by Gasteiger charge is -2.14. The molecule has 0 radical (unpaired) electrons. The third-order valence-electron chi connectivity index (χ3n) is 3.27. The molecule has 0 amide bonds. The number of halogens is 2. The lowest BCUT2D eigenvalue weighted by atomic mass is 10.00. The van der Waals surface area contributed by atoms with Crippen LogP contribution in [0, 0.1) is 0 Å². The monoisotopic (exact) mass is 261 g/mol. The first-order valence-corrected chi connectivity index (χ1v) is 6.34. The summed E-state index contributed by atoms with van der Waals surface area (Å²) in [5.41, 5.74) is 8.59. The molecule has 0 fully saturated rings. The van der Waals surface area contributed by atoms with Gasteiger partial charge in [0.1, 0.15) is 0 Å². The Labute approximate surface area is 112 Å². The molecule has 0 heterocycles. The topological polar surface area (TPSA) is 26.0 Å². The zero-order chi connectivity index (χ0) is 13.9. The van der Waals surface area contributed by atoms with E-state index in [4.69, 9.17) is 5.73 Å². The van der Waals surface area contributed by atoms with Gasteiger partial charge in [0.2, 0.25) is 0 Å². The van der Waals surface area contributed by atoms with Crippen LogP contribution in [0.3, 0.4) is 0 Å². The molecule has 0 aromatic heterocycles. The van der Waals surface area contributed by atoms with Crippen LogP contribution in [-0.2, 0) is 12.5 Å². The molecule has 1 nitrogen and oxygen atoms in total. The summed E-state index contributed by atoms with van der Waals surface area (Å²) in [6.45, 7) is 1.99. The maximum absolute atomic E-state index is 13.5. The minimum Gasteiger partial charge on any atom is -0.326 e. The molecule has 2 N–H and O–H groups in total. The number of alkyl halides is 2. The van der Waals surface area contributed by atoms with E-state index in [1.165, 1.54) is 19.1 Å². The third-order valence-corrected chi connectivity index (χ3v) is 3.27. The lowest BCUT2D eigenvalue weighted by Crippen LogP contribution is -2.10. The predicted octanol–water partition coefficient (Wildman–Crippen LogP) is 4.31. The van der Waals surface area contributed by atoms with E-state index in [2.05, 4.69) is 0 Å². The van der Waals surface area contributed by atoms with Gasteiger partial charge >= 0.3 is 0 Å². The van der Waals surface area contributed by atoms with Crippen LogP contribution < -0.4 is 5.73 Å². The van der Waals surface area contributed by atoms with Gasteiger partial charge in [-0.1, -0.05) is 55.5 Å². The van der Waals surface area contributed by atoms with Crippen LogP contribution in [0.5, 0.6) is 0 Å². The molecular weight excluding hydrogens is 244 g/mol. The summed E-state index contributed by atoms with van der Waals surface area (Å²) in [6.07, 6.45) is -0.183. The van der Waals surface area contributed by atoms with Gasteiger partial charge in [-0.25, -0.2) is 8.78 Å². The molecule has 0 aliphatic heterocycles. The van der Waals surface area contributed by atoms with E-state index in [9.17, 15) is 8.78 Å². The van der Waals surface area contributed by atoms with Gasteiger partial charge in [0.15, 0.2) is 0 Å². The summed E-state index contributed by atoms with van der Waals surface area (Å²) < 4.78 is 27.0. The molecule has 0 unspecified atom stereocenters. The van der Waals surface area contributed by atoms with Gasteiger partial charge in [0.25, 0.3) is 5.92 Å². The first-order valence-electron chi connectivity index (χ1n) is 6.34. The molecule has 2 rings (SSSR count). The average molecular weight is 261 g/mol. The molecule has 0 aliphatic carbocycles. The molecule has 100 valence electrons. The Kier molecular flexibility index (Phi) is 3.96. The van der Waals surface area contributed by atoms with E-state index < -0.39 is 5.92 Å². The zero-order valence-corrected chi connectivity index (χ0v) is 10.9. The first kappa shape index (κ1) is 13.7. The van der Waals surface area contributed by atoms with Crippen molar-refractivity contribution in [2.75, 3.05) is 0 Å². The Hall–Kier alpha value is -1.74. The Bertz CT molecular complexity index is 530. The van der Waals surface area contributed by atoms with Crippen molar-refractivity contribution in [3.05, 3.63) is 59.7 Å². The van der Waals surface area contributed by atoms with Crippen molar-refractivity contribution in [3.63, 3.8) is 0 Å². The molecule has 3 heteroatoms. The quantitative estimate of drug-likeness (QED) is 0.871. The van der Waals surface area contributed by atoms with E-state index in [1.807, 2.05) is 24.3 Å². The second-order valence-corrected chi connectivity index (χ2v) is 4.54. The predicted molar refractivity (Wildman–Crippen MR) is 74.0 cm³/mol. The fourth-order valence-corrected chi connectivity index (χ4v) is 1.94. The summed E-state index contributed by atoms with van der Waals surface area (Å²) in [5, 5.41) is 0. The number of benzene rings is 2. The highest BCUT2D eigenvalue weighted by Crippen LogP contribution is 2.32. The summed E-state index contributed by atoms with van der Waals surface area (Å²) in [5.74, 6) is -2.75. The summed E-state index contributed by atoms with van der Waals surface area (Å²) in [6, 6.07) is 14.3. The second-order valence-electron chi connectivity index (χ2n) is 4.54. The molecule has 0 bridgehead atoms. The molecule has 0 saturated heterocycles. The third kappa shape index (κ3) is 2.99. The average Bonchev–Trinajstić information content (AvgIpc) is 2.47. The Balaban J connectivity index is 2.27. The molecule has 19 heavy (non-hydrogen) atoms. The summed E-state index contributed by atoms with van der Waals surface area (Å²) in [4.78, 5) is 0. The molecule has 2 aromatic rings. The zero-order valence-electron chi connectivity index (χ0n) is 10.9. The Morgan fingerprint density at radius 2 is 1.37 bits per heavy atom. The van der Waals surface area contributed by atoms with Crippen LogP contribution in [0.25, 0.3) is 11.1 Å². The lowest BCUT2D eigenvalue weighted by molar-refractivity contribution is -0.00826. The first-order chi connectivity index (χ1) is 9.06. The standard InChI is InChI=1S/C16H17F2N/c1-2-16(17,18)15-9-7-14(8-10-15)13-5-3-12(11-19)4-6-13/h3-10H,2,11,19H2,1H3. The van der Waals surface area contributed by atoms with Crippen LogP contribution in [0.1, 0.15) is 24.5 Å². The van der Waals surface area contributed by atoms with E-state index in [-0.39, 0.29) is 12.0 Å². The van der Waals surface area contributed by atoms with Crippen LogP contribution >= 0.6 is 0 Å². The van der Waals surface area contributed by atoms with Crippen molar-refractivity contribution in [2.24, 2.45) is 5.73 Å². The Morgan fingerprint density at radius 3 is 1.79 bits per heavy atom. The minimum absolute atomic E-state index is 0.0670. The molecule has 0 atom stereocenters. The molecule has 0 saturated carbocycles. The van der Waals surface area contributed by atoms with Crippen molar-refractivity contribution in [1.29, 1.82) is 0 Å². The maximum Gasteiger partial charge on any atom is 0.273 e. The van der Waals surface area contributed by atoms with Gasteiger partial charge in [-0.15, -0.1) is 0 Å². The number of hydrogen-bond donors (Lipinski definition) is 1. The van der Waals surface area contributed by atoms with Crippen molar-refractivity contribution >= 4 is 0 Å². The van der Waals surface area contributed by atoms with Crippen molar-refractivity contribution < 1.29 is 8.78 Å². The van der Waals surface area contributed by atoms with Crippen LogP contribution in [0.15, 0.2) is 48.5 Å². The highest BCUT2D eigenvalue weighted by molar-refractivity contribution is 5.64. The van der Waals surface area contributed by atoms with E-state index in [0.717, 1.165) is 16.7 Å². The van der Waals surface area contributed by atoms with E-state index in [1.54, 1.807) is 12.1 Å². The van der Waals surface area contributed by atoms with Gasteiger partial charge in [0, 0.05) is 18.5 Å². The van der Waals surface area contributed by atoms with Crippen LogP contribution in [0.4, 0.5) is 8.78 Å². The van der Waals surface area contributed by atoms with Gasteiger partial charge in [-0.2, -0.15) is 0 Å². The number of rotatable bonds is 4. The van der Waals surface area contributed by atoms with Crippen molar-refractivity contribution in [3.8, 4) is 11.1 Å². The molecule has 0 aliphatic rings. The van der Waals surface area contributed by atoms with Crippen LogP contribution in [-0.4, -0.2) is 0 Å². The van der Waals surface area contributed by atoms with E-state index in [0.29, 0.717) is 6.54 Å². The minimum atomic E-state index is -2.75. The fourth-order valence-electron chi connectivity index (χ4n) is 1.94. The summed E-state index contributed by atoms with van der Waals surface area (Å²) in [7, 11) is 0. The van der Waals surface area contributed by atoms with Crippen LogP contribution in [0.2, 0.25) is 0 Å². The van der Waals surface area contributed by atoms with Gasteiger partial charge in [0.05, 0.1) is 0 Å². The number of nitrogens with two attached hydrogens (primary N) is 1. The van der Waals surface area contributed by atoms with Gasteiger partial charge in [-0.3, -0.25) is 0 Å². The van der Waals surface area contributed by atoms with Crippen molar-refractivity contribution in [1.82, 2.24) is 0 Å². The second kappa shape index (κ2) is 5.49. The fraction of sp³-hybridized carbons (Fsp3) is 0.250. The molecule has 0 spiro atoms. The highest BCUT2D eigenvalue weighted by atomic mass is 19.3. The summed E-state index contributed by atoms with van der Waals surface area (Å²) >= 11 is 0. The smallest absolute Gasteiger partial charge is 0.273 e. The molecular formula is C16H17F2N. The maximum atomic E-state index is 13.5.